The molecule has 2 aromatic carbocycles. The fraction of sp³-hybridized carbons (Fsp3) is 0.125. The molecule has 0 bridgehead atoms. The summed E-state index contributed by atoms with van der Waals surface area (Å²) in [5.41, 5.74) is 5.37. The first-order chi connectivity index (χ1) is 11.7. The molecule has 122 valence electrons. The predicted octanol–water partition coefficient (Wildman–Crippen LogP) is 4.72. The smallest absolute Gasteiger partial charge is 0.212 e. The maximum atomic E-state index is 6.31. The minimum absolute atomic E-state index is 0.0000242. The fourth-order valence-corrected chi connectivity index (χ4v) is 4.39. The van der Waals surface area contributed by atoms with Crippen LogP contribution in [0.1, 0.15) is 10.9 Å². The lowest BCUT2D eigenvalue weighted by molar-refractivity contribution is 0.414. The van der Waals surface area contributed by atoms with Crippen LogP contribution in [0.5, 0.6) is 5.75 Å². The third kappa shape index (κ3) is 2.66. The van der Waals surface area contributed by atoms with E-state index in [1.807, 2.05) is 47.1 Å². The van der Waals surface area contributed by atoms with Crippen LogP contribution in [-0.4, -0.2) is 22.0 Å². The molecule has 0 radical (unpaired) electrons. The molecule has 1 atom stereocenters. The van der Waals surface area contributed by atoms with Gasteiger partial charge in [0, 0.05) is 20.6 Å². The number of nitrogens with one attached hydrogen (secondary N) is 1. The average molecular weight is 424 g/mol. The predicted molar refractivity (Wildman–Crippen MR) is 99.1 cm³/mol. The summed E-state index contributed by atoms with van der Waals surface area (Å²) in [5, 5.41) is 10.1. The van der Waals surface area contributed by atoms with Crippen molar-refractivity contribution in [2.45, 2.75) is 10.5 Å². The summed E-state index contributed by atoms with van der Waals surface area (Å²) in [7, 11) is 1.64. The Kier molecular flexibility index (Phi) is 4.15. The Morgan fingerprint density at radius 3 is 2.83 bits per heavy atom. The zero-order valence-electron chi connectivity index (χ0n) is 12.5. The van der Waals surface area contributed by atoms with Gasteiger partial charge in [0.25, 0.3) is 0 Å². The highest BCUT2D eigenvalue weighted by molar-refractivity contribution is 9.10. The normalized spacial score (nSPS) is 15.9. The lowest BCUT2D eigenvalue weighted by Crippen LogP contribution is -2.14. The number of ether oxygens (including phenoxy) is 1. The Morgan fingerprint density at radius 1 is 1.25 bits per heavy atom. The zero-order valence-corrected chi connectivity index (χ0v) is 15.7. The zero-order chi connectivity index (χ0) is 16.7. The highest BCUT2D eigenvalue weighted by atomic mass is 79.9. The van der Waals surface area contributed by atoms with E-state index in [0.29, 0.717) is 0 Å². The first kappa shape index (κ1) is 15.8. The third-order valence-electron chi connectivity index (χ3n) is 3.71. The molecule has 24 heavy (non-hydrogen) atoms. The van der Waals surface area contributed by atoms with Gasteiger partial charge >= 0.3 is 0 Å². The highest BCUT2D eigenvalue weighted by Gasteiger charge is 2.29. The van der Waals surface area contributed by atoms with Crippen LogP contribution in [0, 0.1) is 0 Å². The molecule has 4 rings (SSSR count). The van der Waals surface area contributed by atoms with Gasteiger partial charge in [-0.25, -0.2) is 4.68 Å². The maximum Gasteiger partial charge on any atom is 0.212 e. The third-order valence-corrected chi connectivity index (χ3v) is 5.78. The molecule has 5 nitrogen and oxygen atoms in total. The van der Waals surface area contributed by atoms with E-state index in [-0.39, 0.29) is 5.37 Å². The van der Waals surface area contributed by atoms with Crippen LogP contribution >= 0.6 is 39.3 Å². The van der Waals surface area contributed by atoms with Gasteiger partial charge < -0.3 is 10.2 Å². The molecule has 1 unspecified atom stereocenters. The standard InChI is InChI=1S/C16H12BrClN4OS/c1-23-9-6-7-10(12(17)8-9)14-19-20-16-22(14)21-15(24-16)11-4-2-3-5-13(11)18/h2-8,15,21H,1H3. The minimum Gasteiger partial charge on any atom is -0.497 e. The first-order valence-corrected chi connectivity index (χ1v) is 9.19. The van der Waals surface area contributed by atoms with Gasteiger partial charge in [0.2, 0.25) is 5.16 Å². The van der Waals surface area contributed by atoms with Gasteiger partial charge in [-0.2, -0.15) is 0 Å². The van der Waals surface area contributed by atoms with Gasteiger partial charge in [0.05, 0.1) is 7.11 Å². The SMILES string of the molecule is COc1ccc(-c2nnc3n2NC(c2ccccc2Cl)S3)c(Br)c1. The summed E-state index contributed by atoms with van der Waals surface area (Å²) < 4.78 is 8.03. The van der Waals surface area contributed by atoms with Crippen molar-refractivity contribution in [2.75, 3.05) is 12.5 Å². The number of halogens is 2. The highest BCUT2D eigenvalue weighted by Crippen LogP contribution is 2.43. The molecule has 1 N–H and O–H groups in total. The molecule has 0 amide bonds. The van der Waals surface area contributed by atoms with Crippen molar-refractivity contribution in [1.82, 2.24) is 14.9 Å². The van der Waals surface area contributed by atoms with E-state index in [9.17, 15) is 0 Å². The van der Waals surface area contributed by atoms with Crippen LogP contribution in [-0.2, 0) is 0 Å². The van der Waals surface area contributed by atoms with E-state index in [0.717, 1.165) is 37.4 Å². The lowest BCUT2D eigenvalue weighted by atomic mass is 10.2. The molecule has 1 aliphatic heterocycles. The number of rotatable bonds is 3. The molecule has 0 aliphatic carbocycles. The second kappa shape index (κ2) is 6.31. The molecule has 2 heterocycles. The summed E-state index contributed by atoms with van der Waals surface area (Å²) in [6.45, 7) is 0. The van der Waals surface area contributed by atoms with E-state index in [1.54, 1.807) is 18.9 Å². The summed E-state index contributed by atoms with van der Waals surface area (Å²) >= 11 is 11.5. The molecular weight excluding hydrogens is 412 g/mol. The number of hydrogen-bond acceptors (Lipinski definition) is 5. The molecule has 1 aliphatic rings. The molecule has 3 aromatic rings. The van der Waals surface area contributed by atoms with Crippen molar-refractivity contribution in [3.05, 3.63) is 57.5 Å². The van der Waals surface area contributed by atoms with Crippen molar-refractivity contribution in [1.29, 1.82) is 0 Å². The Balaban J connectivity index is 1.69. The van der Waals surface area contributed by atoms with Gasteiger partial charge in [-0.3, -0.25) is 0 Å². The summed E-state index contributed by atoms with van der Waals surface area (Å²) in [4.78, 5) is 0. The number of hydrogen-bond donors (Lipinski definition) is 1. The Morgan fingerprint density at radius 2 is 2.08 bits per heavy atom. The Hall–Kier alpha value is -1.70. The van der Waals surface area contributed by atoms with Crippen LogP contribution in [0.2, 0.25) is 5.02 Å². The number of fused-ring (bicyclic) bond motifs is 1. The second-order valence-corrected chi connectivity index (χ2v) is 7.47. The Bertz CT molecular complexity index is 917. The van der Waals surface area contributed by atoms with Crippen molar-refractivity contribution in [3.8, 4) is 17.1 Å². The van der Waals surface area contributed by atoms with Gasteiger partial charge in [-0.05, 0) is 40.2 Å². The van der Waals surface area contributed by atoms with Crippen LogP contribution in [0.15, 0.2) is 52.1 Å². The Labute approximate surface area is 156 Å². The molecule has 0 fully saturated rings. The minimum atomic E-state index is -0.0000242. The van der Waals surface area contributed by atoms with E-state index in [1.165, 1.54) is 0 Å². The van der Waals surface area contributed by atoms with E-state index >= 15 is 0 Å². The van der Waals surface area contributed by atoms with Gasteiger partial charge in [-0.15, -0.1) is 10.2 Å². The molecule has 0 saturated heterocycles. The van der Waals surface area contributed by atoms with Gasteiger partial charge in [0.15, 0.2) is 5.82 Å². The summed E-state index contributed by atoms with van der Waals surface area (Å²) in [5.74, 6) is 1.52. The molecule has 0 spiro atoms. The topological polar surface area (TPSA) is 52.0 Å². The number of nitrogens with zero attached hydrogens (tertiary/aromatic N) is 3. The van der Waals surface area contributed by atoms with Gasteiger partial charge in [0.1, 0.15) is 11.1 Å². The second-order valence-electron chi connectivity index (χ2n) is 5.14. The van der Waals surface area contributed by atoms with Crippen molar-refractivity contribution in [2.24, 2.45) is 0 Å². The number of benzene rings is 2. The van der Waals surface area contributed by atoms with E-state index in [4.69, 9.17) is 16.3 Å². The molecular formula is C16H12BrClN4OS. The fourth-order valence-electron chi connectivity index (χ4n) is 2.51. The van der Waals surface area contributed by atoms with E-state index in [2.05, 4.69) is 31.6 Å². The summed E-state index contributed by atoms with van der Waals surface area (Å²) in [6.07, 6.45) is 0. The quantitative estimate of drug-likeness (QED) is 0.661. The van der Waals surface area contributed by atoms with Crippen LogP contribution in [0.25, 0.3) is 11.4 Å². The average Bonchev–Trinajstić information content (AvgIpc) is 3.16. The van der Waals surface area contributed by atoms with Gasteiger partial charge in [-0.1, -0.05) is 41.6 Å². The molecule has 0 saturated carbocycles. The van der Waals surface area contributed by atoms with Crippen molar-refractivity contribution >= 4 is 39.3 Å². The lowest BCUT2D eigenvalue weighted by Gasteiger charge is -2.14. The van der Waals surface area contributed by atoms with Crippen LogP contribution in [0.4, 0.5) is 0 Å². The monoisotopic (exact) mass is 422 g/mol. The largest absolute Gasteiger partial charge is 0.497 e. The van der Waals surface area contributed by atoms with E-state index < -0.39 is 0 Å². The van der Waals surface area contributed by atoms with Crippen molar-refractivity contribution in [3.63, 3.8) is 0 Å². The number of aromatic nitrogens is 3. The van der Waals surface area contributed by atoms with Crippen molar-refractivity contribution < 1.29 is 4.74 Å². The summed E-state index contributed by atoms with van der Waals surface area (Å²) in [6, 6.07) is 13.6. The molecule has 1 aromatic heterocycles. The maximum absolute atomic E-state index is 6.31. The van der Waals surface area contributed by atoms with Crippen LogP contribution < -0.4 is 10.2 Å². The number of thioether (sulfide) groups is 1. The first-order valence-electron chi connectivity index (χ1n) is 7.14. The number of methoxy groups -OCH3 is 1. The van der Waals surface area contributed by atoms with Crippen LogP contribution in [0.3, 0.4) is 0 Å². The molecule has 8 heteroatoms.